The second-order valence-corrected chi connectivity index (χ2v) is 6.02. The van der Waals surface area contributed by atoms with Gasteiger partial charge in [0.15, 0.2) is 11.5 Å². The number of H-pyrrole nitrogens is 1. The summed E-state index contributed by atoms with van der Waals surface area (Å²) in [6, 6.07) is 7.79. The molecule has 3 aromatic rings. The van der Waals surface area contributed by atoms with E-state index in [1.165, 1.54) is 4.57 Å². The lowest BCUT2D eigenvalue weighted by molar-refractivity contribution is 0.289. The summed E-state index contributed by atoms with van der Waals surface area (Å²) < 4.78 is 12.8. The summed E-state index contributed by atoms with van der Waals surface area (Å²) in [4.78, 5) is 23.6. The van der Waals surface area contributed by atoms with Gasteiger partial charge in [0, 0.05) is 0 Å². The van der Waals surface area contributed by atoms with E-state index in [9.17, 15) is 4.79 Å². The Hall–Kier alpha value is -3.29. The van der Waals surface area contributed by atoms with E-state index < -0.39 is 0 Å². The fourth-order valence-electron chi connectivity index (χ4n) is 2.81. The topological polar surface area (TPSA) is 108 Å². The van der Waals surface area contributed by atoms with Crippen molar-refractivity contribution in [2.24, 2.45) is 0 Å². The van der Waals surface area contributed by atoms with Gasteiger partial charge in [0.25, 0.3) is 0 Å². The van der Waals surface area contributed by atoms with Gasteiger partial charge in [0.05, 0.1) is 13.2 Å². The molecule has 0 unspecified atom stereocenters. The first-order valence-corrected chi connectivity index (χ1v) is 8.46. The third kappa shape index (κ3) is 3.26. The molecule has 1 aromatic carbocycles. The highest BCUT2D eigenvalue weighted by Crippen LogP contribution is 2.19. The predicted molar refractivity (Wildman–Crippen MR) is 97.5 cm³/mol. The van der Waals surface area contributed by atoms with Gasteiger partial charge >= 0.3 is 11.7 Å². The number of anilines is 1. The number of nitrogens with one attached hydrogen (secondary N) is 1. The fourth-order valence-corrected chi connectivity index (χ4v) is 2.81. The highest BCUT2D eigenvalue weighted by atomic mass is 16.5. The maximum absolute atomic E-state index is 12.4. The van der Waals surface area contributed by atoms with Crippen LogP contribution in [0.5, 0.6) is 11.8 Å². The molecule has 0 saturated heterocycles. The Kier molecular flexibility index (Phi) is 4.30. The summed E-state index contributed by atoms with van der Waals surface area (Å²) in [5, 5.41) is 0. The van der Waals surface area contributed by atoms with E-state index >= 15 is 0 Å². The smallest absolute Gasteiger partial charge is 0.328 e. The first kappa shape index (κ1) is 16.2. The second kappa shape index (κ2) is 6.91. The first-order chi connectivity index (χ1) is 12.7. The molecule has 5 rings (SSSR count). The number of allylic oxidation sites excluding steroid dienone is 1. The van der Waals surface area contributed by atoms with Gasteiger partial charge < -0.3 is 20.2 Å². The average molecular weight is 353 g/mol. The number of nitrogens with two attached hydrogens (primary N) is 1. The van der Waals surface area contributed by atoms with Crippen molar-refractivity contribution in [3.8, 4) is 11.8 Å². The van der Waals surface area contributed by atoms with Crippen LogP contribution in [0.3, 0.4) is 0 Å². The Balaban J connectivity index is 1.77. The zero-order chi connectivity index (χ0) is 17.9. The molecule has 4 heterocycles. The van der Waals surface area contributed by atoms with Gasteiger partial charge in [-0.15, -0.1) is 0 Å². The monoisotopic (exact) mass is 353 g/mol. The molecule has 134 valence electrons. The van der Waals surface area contributed by atoms with Crippen molar-refractivity contribution in [1.29, 1.82) is 0 Å². The first-order valence-electron chi connectivity index (χ1n) is 8.46. The van der Waals surface area contributed by atoms with E-state index in [4.69, 9.17) is 15.2 Å². The van der Waals surface area contributed by atoms with Gasteiger partial charge in [-0.05, 0) is 30.5 Å². The van der Waals surface area contributed by atoms with E-state index in [0.29, 0.717) is 30.9 Å². The Labute approximate surface area is 149 Å². The molecule has 0 amide bonds. The van der Waals surface area contributed by atoms with Crippen LogP contribution in [0.2, 0.25) is 0 Å². The lowest BCUT2D eigenvalue weighted by atomic mass is 10.2. The molecule has 0 saturated carbocycles. The molecule has 26 heavy (non-hydrogen) atoms. The van der Waals surface area contributed by atoms with E-state index in [0.717, 1.165) is 24.2 Å². The normalized spacial score (nSPS) is 14.9. The zero-order valence-corrected chi connectivity index (χ0v) is 14.1. The van der Waals surface area contributed by atoms with Crippen molar-refractivity contribution < 1.29 is 9.47 Å². The molecule has 0 fully saturated rings. The van der Waals surface area contributed by atoms with Crippen LogP contribution in [-0.4, -0.2) is 32.7 Å². The predicted octanol–water partition coefficient (Wildman–Crippen LogP) is 1.86. The highest BCUT2D eigenvalue weighted by molar-refractivity contribution is 5.81. The number of benzene rings is 1. The maximum atomic E-state index is 12.4. The van der Waals surface area contributed by atoms with Crippen molar-refractivity contribution in [3.05, 3.63) is 52.5 Å². The van der Waals surface area contributed by atoms with Crippen LogP contribution >= 0.6 is 0 Å². The third-order valence-electron chi connectivity index (χ3n) is 4.15. The Morgan fingerprint density at radius 3 is 2.81 bits per heavy atom. The Morgan fingerprint density at radius 1 is 1.12 bits per heavy atom. The third-order valence-corrected chi connectivity index (χ3v) is 4.15. The number of rotatable bonds is 0. The van der Waals surface area contributed by atoms with Gasteiger partial charge in [-0.2, -0.15) is 9.97 Å². The number of fused-ring (bicyclic) bond motifs is 8. The van der Waals surface area contributed by atoms with Crippen LogP contribution in [0.1, 0.15) is 18.4 Å². The van der Waals surface area contributed by atoms with E-state index in [2.05, 4.69) is 21.0 Å². The number of nitrogens with zero attached hydrogens (tertiary/aromatic N) is 3. The summed E-state index contributed by atoms with van der Waals surface area (Å²) in [6.07, 6.45) is 5.71. The van der Waals surface area contributed by atoms with Crippen molar-refractivity contribution in [3.63, 3.8) is 0 Å². The standard InChI is InChI=1S/C18H19N5O3/c19-15-14-16-22-17(21-15)26-10-4-2-1-3-9-25-13-7-5-12(6-8-13)11-23(16)18(24)20-14/h1,3,5-8H,2,4,9-11H2,(H,20,24)(H2,19,21,22). The minimum absolute atomic E-state index is 0.176. The molecule has 0 radical (unpaired) electrons. The molecular weight excluding hydrogens is 334 g/mol. The Morgan fingerprint density at radius 2 is 1.96 bits per heavy atom. The van der Waals surface area contributed by atoms with Crippen molar-refractivity contribution in [2.45, 2.75) is 19.4 Å². The van der Waals surface area contributed by atoms with Crippen LogP contribution < -0.4 is 20.9 Å². The van der Waals surface area contributed by atoms with Crippen molar-refractivity contribution in [1.82, 2.24) is 19.5 Å². The quantitative estimate of drug-likeness (QED) is 0.597. The minimum Gasteiger partial charge on any atom is -0.490 e. The molecule has 0 atom stereocenters. The van der Waals surface area contributed by atoms with E-state index in [-0.39, 0.29) is 17.5 Å². The number of hydrogen-bond acceptors (Lipinski definition) is 6. The van der Waals surface area contributed by atoms with Crippen LogP contribution in [0.25, 0.3) is 11.2 Å². The molecule has 8 nitrogen and oxygen atoms in total. The summed E-state index contributed by atoms with van der Waals surface area (Å²) in [6.45, 7) is 1.33. The van der Waals surface area contributed by atoms with Crippen molar-refractivity contribution >= 4 is 17.0 Å². The average Bonchev–Trinajstić information content (AvgIpc) is 2.95. The van der Waals surface area contributed by atoms with Crippen LogP contribution in [-0.2, 0) is 6.54 Å². The number of hydrogen-bond donors (Lipinski definition) is 2. The number of aromatic amines is 1. The second-order valence-electron chi connectivity index (χ2n) is 6.02. The molecular formula is C18H19N5O3. The summed E-state index contributed by atoms with van der Waals surface area (Å²) >= 11 is 0. The molecule has 0 aliphatic carbocycles. The summed E-state index contributed by atoms with van der Waals surface area (Å²) in [5.41, 5.74) is 7.48. The number of ether oxygens (including phenoxy) is 2. The fraction of sp³-hybridized carbons (Fsp3) is 0.278. The number of imidazole rings is 1. The van der Waals surface area contributed by atoms with Gasteiger partial charge in [0.1, 0.15) is 17.9 Å². The maximum Gasteiger partial charge on any atom is 0.328 e. The van der Waals surface area contributed by atoms with Gasteiger partial charge in [-0.25, -0.2) is 4.79 Å². The molecule has 4 bridgehead atoms. The molecule has 2 aliphatic heterocycles. The molecule has 2 aromatic heterocycles. The van der Waals surface area contributed by atoms with Gasteiger partial charge in [-0.3, -0.25) is 4.57 Å². The summed E-state index contributed by atoms with van der Waals surface area (Å²) in [5.74, 6) is 0.980. The zero-order valence-electron chi connectivity index (χ0n) is 14.1. The van der Waals surface area contributed by atoms with Crippen LogP contribution in [0.15, 0.2) is 41.2 Å². The minimum atomic E-state index is -0.291. The molecule has 3 N–H and O–H groups in total. The molecule has 8 heteroatoms. The van der Waals surface area contributed by atoms with Crippen LogP contribution in [0.4, 0.5) is 5.82 Å². The van der Waals surface area contributed by atoms with E-state index in [1.807, 2.05) is 30.3 Å². The van der Waals surface area contributed by atoms with Crippen molar-refractivity contribution in [2.75, 3.05) is 18.9 Å². The van der Waals surface area contributed by atoms with Gasteiger partial charge in [0.2, 0.25) is 0 Å². The number of aromatic nitrogens is 4. The van der Waals surface area contributed by atoms with Crippen LogP contribution in [0, 0.1) is 0 Å². The molecule has 2 aliphatic rings. The Bertz CT molecular complexity index is 1000. The lowest BCUT2D eigenvalue weighted by Crippen LogP contribution is -2.17. The number of nitrogen functional groups attached to an aromatic ring is 1. The van der Waals surface area contributed by atoms with E-state index in [1.54, 1.807) is 0 Å². The molecule has 0 spiro atoms. The summed E-state index contributed by atoms with van der Waals surface area (Å²) in [7, 11) is 0. The largest absolute Gasteiger partial charge is 0.490 e. The SMILES string of the molecule is Nc1nc2nc3c1[nH]c(=O)n3Cc1ccc(cc1)OCC=CCCCO2. The van der Waals surface area contributed by atoms with Gasteiger partial charge in [-0.1, -0.05) is 24.3 Å². The highest BCUT2D eigenvalue weighted by Gasteiger charge is 2.15. The lowest BCUT2D eigenvalue weighted by Gasteiger charge is -2.07.